The first-order chi connectivity index (χ1) is 10.2. The number of hydrogen-bond acceptors (Lipinski definition) is 4. The number of carbonyl (C=O) groups is 1. The SMILES string of the molecule is Cc1nc([C@H](NC(=O)C(C)(F)F)c2ccc(Cl)c(F)c2)no1. The van der Waals surface area contributed by atoms with E-state index in [1.165, 1.54) is 19.1 Å². The number of benzene rings is 1. The molecule has 22 heavy (non-hydrogen) atoms. The van der Waals surface area contributed by atoms with E-state index >= 15 is 0 Å². The van der Waals surface area contributed by atoms with Gasteiger partial charge in [0.1, 0.15) is 11.9 Å². The van der Waals surface area contributed by atoms with Crippen LogP contribution in [-0.2, 0) is 4.79 Å². The smallest absolute Gasteiger partial charge is 0.321 e. The second kappa shape index (κ2) is 5.96. The van der Waals surface area contributed by atoms with Crippen LogP contribution >= 0.6 is 11.6 Å². The molecule has 0 saturated heterocycles. The molecule has 0 aliphatic rings. The minimum Gasteiger partial charge on any atom is -0.340 e. The lowest BCUT2D eigenvalue weighted by Gasteiger charge is -2.18. The number of aryl methyl sites for hydroxylation is 1. The van der Waals surface area contributed by atoms with Crippen LogP contribution in [0.5, 0.6) is 0 Å². The molecule has 1 amide bonds. The summed E-state index contributed by atoms with van der Waals surface area (Å²) in [5.41, 5.74) is 0.153. The van der Waals surface area contributed by atoms with Crippen LogP contribution in [0.4, 0.5) is 13.2 Å². The third-order valence-electron chi connectivity index (χ3n) is 2.75. The van der Waals surface area contributed by atoms with Crippen LogP contribution in [0.15, 0.2) is 22.7 Å². The van der Waals surface area contributed by atoms with Crippen molar-refractivity contribution >= 4 is 17.5 Å². The van der Waals surface area contributed by atoms with E-state index in [0.717, 1.165) is 6.07 Å². The van der Waals surface area contributed by atoms with Crippen molar-refractivity contribution in [2.24, 2.45) is 0 Å². The molecule has 0 fully saturated rings. The molecule has 9 heteroatoms. The van der Waals surface area contributed by atoms with Crippen LogP contribution in [0.2, 0.25) is 5.02 Å². The Hall–Kier alpha value is -2.09. The summed E-state index contributed by atoms with van der Waals surface area (Å²) in [7, 11) is 0. The van der Waals surface area contributed by atoms with Crippen LogP contribution < -0.4 is 5.32 Å². The quantitative estimate of drug-likeness (QED) is 0.933. The standard InChI is InChI=1S/C13H11ClF3N3O2/c1-6-18-11(20-22-6)10(19-12(21)13(2,16)17)7-3-4-8(14)9(15)5-7/h3-5,10H,1-2H3,(H,19,21)/t10-/m1/s1. The Labute approximate surface area is 128 Å². The monoisotopic (exact) mass is 333 g/mol. The molecular formula is C13H11ClF3N3O2. The number of nitrogens with zero attached hydrogens (tertiary/aromatic N) is 2. The lowest BCUT2D eigenvalue weighted by molar-refractivity contribution is -0.143. The van der Waals surface area contributed by atoms with Crippen molar-refractivity contribution in [2.45, 2.75) is 25.8 Å². The van der Waals surface area contributed by atoms with Gasteiger partial charge < -0.3 is 9.84 Å². The highest BCUT2D eigenvalue weighted by Gasteiger charge is 2.35. The number of aromatic nitrogens is 2. The molecule has 0 saturated carbocycles. The maximum absolute atomic E-state index is 13.6. The second-order valence-electron chi connectivity index (χ2n) is 4.64. The van der Waals surface area contributed by atoms with Crippen molar-refractivity contribution in [1.29, 1.82) is 0 Å². The summed E-state index contributed by atoms with van der Waals surface area (Å²) >= 11 is 5.58. The van der Waals surface area contributed by atoms with Crippen LogP contribution in [0, 0.1) is 12.7 Å². The molecule has 1 N–H and O–H groups in total. The molecular weight excluding hydrogens is 323 g/mol. The van der Waals surface area contributed by atoms with Gasteiger partial charge in [-0.25, -0.2) is 4.39 Å². The molecule has 2 rings (SSSR count). The van der Waals surface area contributed by atoms with Gasteiger partial charge in [0.15, 0.2) is 5.82 Å². The summed E-state index contributed by atoms with van der Waals surface area (Å²) in [4.78, 5) is 15.4. The summed E-state index contributed by atoms with van der Waals surface area (Å²) in [6.45, 7) is 1.94. The number of hydrogen-bond donors (Lipinski definition) is 1. The summed E-state index contributed by atoms with van der Waals surface area (Å²) in [5.74, 6) is -5.82. The van der Waals surface area contributed by atoms with Crippen molar-refractivity contribution in [1.82, 2.24) is 15.5 Å². The Bertz CT molecular complexity index is 700. The van der Waals surface area contributed by atoms with Gasteiger partial charge in [-0.3, -0.25) is 4.79 Å². The Morgan fingerprint density at radius 1 is 1.45 bits per heavy atom. The first-order valence-corrected chi connectivity index (χ1v) is 6.50. The summed E-state index contributed by atoms with van der Waals surface area (Å²) < 4.78 is 44.5. The molecule has 0 spiro atoms. The van der Waals surface area contributed by atoms with Crippen molar-refractivity contribution < 1.29 is 22.5 Å². The number of alkyl halides is 2. The fourth-order valence-electron chi connectivity index (χ4n) is 1.68. The molecule has 1 aromatic carbocycles. The largest absolute Gasteiger partial charge is 0.340 e. The molecule has 5 nitrogen and oxygen atoms in total. The van der Waals surface area contributed by atoms with E-state index in [1.54, 1.807) is 0 Å². The average Bonchev–Trinajstić information content (AvgIpc) is 2.84. The van der Waals surface area contributed by atoms with E-state index < -0.39 is 23.7 Å². The maximum Gasteiger partial charge on any atom is 0.321 e. The minimum absolute atomic E-state index is 0.0724. The highest BCUT2D eigenvalue weighted by Crippen LogP contribution is 2.25. The van der Waals surface area contributed by atoms with Gasteiger partial charge >= 0.3 is 5.92 Å². The fraction of sp³-hybridized carbons (Fsp3) is 0.308. The number of carbonyl (C=O) groups excluding carboxylic acids is 1. The van der Waals surface area contributed by atoms with Gasteiger partial charge in [0.05, 0.1) is 5.02 Å². The zero-order valence-corrected chi connectivity index (χ0v) is 12.3. The van der Waals surface area contributed by atoms with Crippen molar-refractivity contribution in [2.75, 3.05) is 0 Å². The van der Waals surface area contributed by atoms with Crippen molar-refractivity contribution in [3.8, 4) is 0 Å². The number of nitrogens with one attached hydrogen (secondary N) is 1. The third kappa shape index (κ3) is 3.56. The Morgan fingerprint density at radius 2 is 2.14 bits per heavy atom. The molecule has 0 bridgehead atoms. The molecule has 0 aliphatic carbocycles. The molecule has 1 aromatic heterocycles. The lowest BCUT2D eigenvalue weighted by Crippen LogP contribution is -2.40. The normalized spacial score (nSPS) is 13.0. The number of halogens is 4. The Kier molecular flexibility index (Phi) is 4.41. The summed E-state index contributed by atoms with van der Waals surface area (Å²) in [6.07, 6.45) is 0. The van der Waals surface area contributed by atoms with Gasteiger partial charge in [0.2, 0.25) is 5.89 Å². The van der Waals surface area contributed by atoms with Gasteiger partial charge in [-0.05, 0) is 17.7 Å². The Morgan fingerprint density at radius 3 is 2.64 bits per heavy atom. The second-order valence-corrected chi connectivity index (χ2v) is 5.05. The number of amides is 1. The van der Waals surface area contributed by atoms with E-state index in [4.69, 9.17) is 16.1 Å². The molecule has 0 radical (unpaired) electrons. The topological polar surface area (TPSA) is 68.0 Å². The van der Waals surface area contributed by atoms with Crippen LogP contribution in [0.1, 0.15) is 30.2 Å². The average molecular weight is 334 g/mol. The van der Waals surface area contributed by atoms with E-state index in [-0.39, 0.29) is 22.3 Å². The van der Waals surface area contributed by atoms with Crippen LogP contribution in [0.25, 0.3) is 0 Å². The summed E-state index contributed by atoms with van der Waals surface area (Å²) in [5, 5.41) is 5.50. The Balaban J connectivity index is 2.41. The zero-order valence-electron chi connectivity index (χ0n) is 11.5. The first-order valence-electron chi connectivity index (χ1n) is 6.12. The van der Waals surface area contributed by atoms with E-state index in [9.17, 15) is 18.0 Å². The molecule has 0 aliphatic heterocycles. The van der Waals surface area contributed by atoms with E-state index in [2.05, 4.69) is 15.5 Å². The van der Waals surface area contributed by atoms with Crippen LogP contribution in [0.3, 0.4) is 0 Å². The van der Waals surface area contributed by atoms with Crippen molar-refractivity contribution in [3.05, 3.63) is 46.3 Å². The minimum atomic E-state index is -3.61. The molecule has 2 aromatic rings. The van der Waals surface area contributed by atoms with Gasteiger partial charge in [0.25, 0.3) is 5.91 Å². The van der Waals surface area contributed by atoms with Gasteiger partial charge in [-0.2, -0.15) is 13.8 Å². The molecule has 0 unspecified atom stereocenters. The van der Waals surface area contributed by atoms with Gasteiger partial charge in [0, 0.05) is 13.8 Å². The highest BCUT2D eigenvalue weighted by atomic mass is 35.5. The van der Waals surface area contributed by atoms with Crippen molar-refractivity contribution in [3.63, 3.8) is 0 Å². The molecule has 118 valence electrons. The fourth-order valence-corrected chi connectivity index (χ4v) is 1.80. The molecule has 1 heterocycles. The first kappa shape index (κ1) is 16.3. The number of rotatable bonds is 4. The van der Waals surface area contributed by atoms with Gasteiger partial charge in [-0.1, -0.05) is 22.8 Å². The maximum atomic E-state index is 13.6. The zero-order chi connectivity index (χ0) is 16.5. The predicted molar refractivity (Wildman–Crippen MR) is 71.1 cm³/mol. The molecule has 1 atom stereocenters. The van der Waals surface area contributed by atoms with E-state index in [0.29, 0.717) is 6.92 Å². The highest BCUT2D eigenvalue weighted by molar-refractivity contribution is 6.30. The summed E-state index contributed by atoms with van der Waals surface area (Å²) in [6, 6.07) is 2.42. The van der Waals surface area contributed by atoms with Gasteiger partial charge in [-0.15, -0.1) is 0 Å². The predicted octanol–water partition coefficient (Wildman–Crippen LogP) is 3.03. The van der Waals surface area contributed by atoms with E-state index in [1.807, 2.05) is 0 Å². The lowest BCUT2D eigenvalue weighted by atomic mass is 10.1. The van der Waals surface area contributed by atoms with Crippen LogP contribution in [-0.4, -0.2) is 22.0 Å². The third-order valence-corrected chi connectivity index (χ3v) is 3.06.